The van der Waals surface area contributed by atoms with Crippen LogP contribution < -0.4 is 5.56 Å². The molecule has 2 aromatic carbocycles. The maximum absolute atomic E-state index is 12.6. The molecule has 0 aliphatic heterocycles. The first-order valence-electron chi connectivity index (χ1n) is 10.3. The summed E-state index contributed by atoms with van der Waals surface area (Å²) in [7, 11) is 0. The molecule has 33 heavy (non-hydrogen) atoms. The van der Waals surface area contributed by atoms with Gasteiger partial charge >= 0.3 is 5.97 Å². The van der Waals surface area contributed by atoms with Gasteiger partial charge in [-0.2, -0.15) is 5.26 Å². The average Bonchev–Trinajstić information content (AvgIpc) is 3.38. The van der Waals surface area contributed by atoms with Gasteiger partial charge in [-0.25, -0.2) is 9.78 Å². The molecule has 162 valence electrons. The third kappa shape index (κ3) is 4.02. The van der Waals surface area contributed by atoms with Crippen molar-refractivity contribution in [3.05, 3.63) is 88.5 Å². The SMILES string of the molecule is N#CCCn1cc(/C=C/C(=O)OCc2cc(=O)n3c(n2)sc2ccccc23)c2ccccc21. The summed E-state index contributed by atoms with van der Waals surface area (Å²) in [5.41, 5.74) is 2.88. The molecule has 0 aliphatic carbocycles. The molecule has 0 atom stereocenters. The number of aryl methyl sites for hydroxylation is 1. The normalized spacial score (nSPS) is 11.5. The number of aromatic nitrogens is 3. The van der Waals surface area contributed by atoms with Crippen molar-refractivity contribution >= 4 is 49.5 Å². The molecule has 0 saturated heterocycles. The van der Waals surface area contributed by atoms with Gasteiger partial charge in [-0.15, -0.1) is 0 Å². The number of thiazole rings is 1. The highest BCUT2D eigenvalue weighted by Crippen LogP contribution is 2.24. The minimum Gasteiger partial charge on any atom is -0.456 e. The van der Waals surface area contributed by atoms with Crippen molar-refractivity contribution < 1.29 is 9.53 Å². The lowest BCUT2D eigenvalue weighted by molar-refractivity contribution is -0.139. The molecule has 0 radical (unpaired) electrons. The van der Waals surface area contributed by atoms with E-state index < -0.39 is 5.97 Å². The van der Waals surface area contributed by atoms with E-state index >= 15 is 0 Å². The smallest absolute Gasteiger partial charge is 0.331 e. The minimum atomic E-state index is -0.526. The molecule has 7 nitrogen and oxygen atoms in total. The van der Waals surface area contributed by atoms with E-state index in [1.807, 2.05) is 59.3 Å². The van der Waals surface area contributed by atoms with Gasteiger partial charge in [0.1, 0.15) is 6.61 Å². The fourth-order valence-electron chi connectivity index (χ4n) is 3.81. The lowest BCUT2D eigenvalue weighted by atomic mass is 10.1. The zero-order valence-electron chi connectivity index (χ0n) is 17.5. The van der Waals surface area contributed by atoms with E-state index in [4.69, 9.17) is 10.00 Å². The second-order valence-electron chi connectivity index (χ2n) is 7.42. The molecule has 8 heteroatoms. The number of carbonyl (C=O) groups excluding carboxylic acids is 1. The number of carbonyl (C=O) groups is 1. The number of fused-ring (bicyclic) bond motifs is 4. The Morgan fingerprint density at radius 2 is 1.94 bits per heavy atom. The third-order valence-corrected chi connectivity index (χ3v) is 6.32. The van der Waals surface area contributed by atoms with E-state index in [1.54, 1.807) is 10.5 Å². The molecule has 0 bridgehead atoms. The summed E-state index contributed by atoms with van der Waals surface area (Å²) < 4.78 is 9.86. The van der Waals surface area contributed by atoms with Crippen molar-refractivity contribution in [2.45, 2.75) is 19.6 Å². The van der Waals surface area contributed by atoms with E-state index in [2.05, 4.69) is 11.1 Å². The van der Waals surface area contributed by atoms with Crippen molar-refractivity contribution in [3.8, 4) is 6.07 Å². The van der Waals surface area contributed by atoms with Crippen LogP contribution in [0.5, 0.6) is 0 Å². The van der Waals surface area contributed by atoms with Gasteiger partial charge < -0.3 is 9.30 Å². The number of rotatable bonds is 6. The number of ether oxygens (including phenoxy) is 1. The van der Waals surface area contributed by atoms with Gasteiger partial charge in [0, 0.05) is 41.4 Å². The van der Waals surface area contributed by atoms with Crippen LogP contribution in [0.3, 0.4) is 0 Å². The lowest BCUT2D eigenvalue weighted by Gasteiger charge is -2.02. The second-order valence-corrected chi connectivity index (χ2v) is 8.43. The summed E-state index contributed by atoms with van der Waals surface area (Å²) in [4.78, 5) is 30.0. The summed E-state index contributed by atoms with van der Waals surface area (Å²) in [6.45, 7) is 0.490. The summed E-state index contributed by atoms with van der Waals surface area (Å²) in [5.74, 6) is -0.526. The van der Waals surface area contributed by atoms with Gasteiger partial charge in [0.15, 0.2) is 4.96 Å². The number of hydrogen-bond donors (Lipinski definition) is 0. The van der Waals surface area contributed by atoms with Gasteiger partial charge in [-0.1, -0.05) is 41.7 Å². The van der Waals surface area contributed by atoms with Crippen LogP contribution in [0, 0.1) is 11.3 Å². The molecule has 0 fully saturated rings. The molecular weight excluding hydrogens is 436 g/mol. The lowest BCUT2D eigenvalue weighted by Crippen LogP contribution is -2.14. The Balaban J connectivity index is 1.33. The van der Waals surface area contributed by atoms with Crippen molar-refractivity contribution in [2.75, 3.05) is 0 Å². The minimum absolute atomic E-state index is 0.0902. The Morgan fingerprint density at radius 3 is 2.79 bits per heavy atom. The van der Waals surface area contributed by atoms with Gasteiger partial charge in [0.2, 0.25) is 0 Å². The molecule has 5 aromatic rings. The van der Waals surface area contributed by atoms with Crippen molar-refractivity contribution in [1.82, 2.24) is 14.0 Å². The van der Waals surface area contributed by atoms with E-state index in [0.717, 1.165) is 26.7 Å². The summed E-state index contributed by atoms with van der Waals surface area (Å²) >= 11 is 1.42. The van der Waals surface area contributed by atoms with Crippen LogP contribution >= 0.6 is 11.3 Å². The molecule has 3 heterocycles. The number of nitrogens with zero attached hydrogens (tertiary/aromatic N) is 4. The summed E-state index contributed by atoms with van der Waals surface area (Å²) in [6, 6.07) is 19.0. The number of benzene rings is 2. The second kappa shape index (κ2) is 8.73. The highest BCUT2D eigenvalue weighted by molar-refractivity contribution is 7.23. The quantitative estimate of drug-likeness (QED) is 0.278. The fraction of sp³-hybridized carbons (Fsp3) is 0.120. The van der Waals surface area contributed by atoms with Crippen LogP contribution in [0.25, 0.3) is 32.2 Å². The zero-order chi connectivity index (χ0) is 22.8. The maximum Gasteiger partial charge on any atom is 0.331 e. The van der Waals surface area contributed by atoms with Crippen LogP contribution in [0.15, 0.2) is 71.7 Å². The molecule has 0 amide bonds. The van der Waals surface area contributed by atoms with E-state index in [-0.39, 0.29) is 12.2 Å². The molecule has 0 aliphatic rings. The molecule has 0 saturated carbocycles. The Morgan fingerprint density at radius 1 is 1.15 bits per heavy atom. The average molecular weight is 455 g/mol. The van der Waals surface area contributed by atoms with E-state index in [0.29, 0.717) is 23.6 Å². The van der Waals surface area contributed by atoms with Gasteiger partial charge in [-0.3, -0.25) is 9.20 Å². The Bertz CT molecular complexity index is 1630. The Kier molecular flexibility index (Phi) is 5.47. The molecule has 3 aromatic heterocycles. The first-order valence-corrected chi connectivity index (χ1v) is 11.2. The van der Waals surface area contributed by atoms with E-state index in [9.17, 15) is 9.59 Å². The van der Waals surface area contributed by atoms with Gasteiger partial charge in [-0.05, 0) is 24.3 Å². The van der Waals surface area contributed by atoms with Crippen LogP contribution in [-0.4, -0.2) is 19.9 Å². The number of esters is 1. The first-order chi connectivity index (χ1) is 16.1. The molecule has 5 rings (SSSR count). The van der Waals surface area contributed by atoms with E-state index in [1.165, 1.54) is 23.5 Å². The standard InChI is InChI=1S/C25H18N4O3S/c26-12-5-13-28-15-17(19-6-1-2-7-20(19)28)10-11-24(31)32-16-18-14-23(30)29-21-8-3-4-9-22(21)33-25(29)27-18/h1-4,6-11,14-15H,5,13,16H2/b11-10+. The van der Waals surface area contributed by atoms with Crippen LogP contribution in [0.4, 0.5) is 0 Å². The van der Waals surface area contributed by atoms with Gasteiger partial charge in [0.25, 0.3) is 5.56 Å². The maximum atomic E-state index is 12.6. The van der Waals surface area contributed by atoms with Crippen molar-refractivity contribution in [1.29, 1.82) is 5.26 Å². The number of para-hydroxylation sites is 2. The molecule has 0 N–H and O–H groups in total. The predicted octanol–water partition coefficient (Wildman–Crippen LogP) is 4.53. The zero-order valence-corrected chi connectivity index (χ0v) is 18.3. The number of hydrogen-bond acceptors (Lipinski definition) is 6. The van der Waals surface area contributed by atoms with Crippen LogP contribution in [0.2, 0.25) is 0 Å². The third-order valence-electron chi connectivity index (χ3n) is 5.29. The van der Waals surface area contributed by atoms with Crippen molar-refractivity contribution in [2.24, 2.45) is 0 Å². The van der Waals surface area contributed by atoms with Crippen molar-refractivity contribution in [3.63, 3.8) is 0 Å². The van der Waals surface area contributed by atoms with Gasteiger partial charge in [0.05, 0.1) is 28.4 Å². The molecule has 0 unspecified atom stereocenters. The monoisotopic (exact) mass is 454 g/mol. The Labute approximate surface area is 192 Å². The summed E-state index contributed by atoms with van der Waals surface area (Å²) in [6.07, 6.45) is 5.39. The topological polar surface area (TPSA) is 89.4 Å². The highest BCUT2D eigenvalue weighted by atomic mass is 32.1. The predicted molar refractivity (Wildman–Crippen MR) is 128 cm³/mol. The fourth-order valence-corrected chi connectivity index (χ4v) is 4.86. The number of nitriles is 1. The molecule has 0 spiro atoms. The summed E-state index contributed by atoms with van der Waals surface area (Å²) in [5, 5.41) is 9.87. The van der Waals surface area contributed by atoms with Crippen LogP contribution in [0.1, 0.15) is 17.7 Å². The largest absolute Gasteiger partial charge is 0.456 e. The van der Waals surface area contributed by atoms with Crippen LogP contribution in [-0.2, 0) is 22.7 Å². The first kappa shape index (κ1) is 20.7. The highest BCUT2D eigenvalue weighted by Gasteiger charge is 2.11. The molecular formula is C25H18N4O3S. The Hall–Kier alpha value is -4.22.